The molecule has 1 amide bonds. The molecule has 20 nitrogen and oxygen atoms in total. The van der Waals surface area contributed by atoms with Crippen molar-refractivity contribution in [2.45, 2.75) is 56.3 Å². The molecule has 5 aliphatic rings. The summed E-state index contributed by atoms with van der Waals surface area (Å²) in [5.41, 5.74) is 1.89. The average molecular weight is 850 g/mol. The molecule has 5 heterocycles. The third-order valence-electron chi connectivity index (χ3n) is 7.56. The predicted octanol–water partition coefficient (Wildman–Crippen LogP) is -7.37. The number of ether oxygens (including phenoxy) is 2. The van der Waals surface area contributed by atoms with Gasteiger partial charge in [-0.2, -0.15) is 0 Å². The van der Waals surface area contributed by atoms with Crippen LogP contribution in [0.25, 0.3) is 0 Å². The molecule has 21 heteroatoms. The van der Waals surface area contributed by atoms with Crippen LogP contribution >= 0.6 is 0 Å². The molecule has 4 N–H and O–H groups in total. The van der Waals surface area contributed by atoms with E-state index in [4.69, 9.17) is 9.47 Å². The molecule has 0 radical (unpaired) electrons. The summed E-state index contributed by atoms with van der Waals surface area (Å²) in [5, 5.41) is 50.1. The summed E-state index contributed by atoms with van der Waals surface area (Å²) in [4.78, 5) is 94.7. The molecule has 0 saturated carbocycles. The summed E-state index contributed by atoms with van der Waals surface area (Å²) in [7, 11) is 2.99. The smallest absolute Gasteiger partial charge is 0.548 e. The molecule has 5 aliphatic heterocycles. The van der Waals surface area contributed by atoms with Crippen molar-refractivity contribution in [1.29, 1.82) is 0 Å². The molecule has 284 valence electrons. The van der Waals surface area contributed by atoms with E-state index in [1.165, 1.54) is 12.0 Å². The third-order valence-corrected chi connectivity index (χ3v) is 7.56. The van der Waals surface area contributed by atoms with Crippen molar-refractivity contribution >= 4 is 82.7 Å². The molecule has 53 heavy (non-hydrogen) atoms. The minimum atomic E-state index is -1.19. The number of allylic oxidation sites excluding steroid dienone is 1. The maximum absolute atomic E-state index is 11.5. The fraction of sp³-hybridized carbons (Fsp3) is 0.469. The number of ketones is 4. The van der Waals surface area contributed by atoms with Crippen LogP contribution in [0.3, 0.4) is 0 Å². The molecule has 1 aromatic carbocycles. The van der Waals surface area contributed by atoms with E-state index in [9.17, 15) is 63.6 Å². The minimum Gasteiger partial charge on any atom is -0.548 e. The number of hydrogen-bond acceptors (Lipinski definition) is 19. The van der Waals surface area contributed by atoms with E-state index in [-0.39, 0.29) is 105 Å². The summed E-state index contributed by atoms with van der Waals surface area (Å²) >= 11 is 0. The second kappa shape index (κ2) is 23.0. The van der Waals surface area contributed by atoms with Crippen LogP contribution in [0.5, 0.6) is 5.75 Å². The van der Waals surface area contributed by atoms with Crippen molar-refractivity contribution in [2.75, 3.05) is 45.3 Å². The van der Waals surface area contributed by atoms with Crippen molar-refractivity contribution in [2.24, 2.45) is 0 Å². The minimum absolute atomic E-state index is 0. The van der Waals surface area contributed by atoms with Crippen LogP contribution in [0, 0.1) is 0 Å². The largest absolute Gasteiger partial charge is 4.00 e. The van der Waals surface area contributed by atoms with Crippen LogP contribution in [-0.4, -0.2) is 142 Å². The van der Waals surface area contributed by atoms with Gasteiger partial charge in [0.25, 0.3) is 0 Å². The molecular weight excluding hydrogens is 813 g/mol. The topological polar surface area (TPSA) is 316 Å². The van der Waals surface area contributed by atoms with Crippen LogP contribution in [-0.2, 0) is 49.5 Å². The van der Waals surface area contributed by atoms with Gasteiger partial charge in [0, 0.05) is 31.9 Å². The number of nitrogens with one attached hydrogen (secondary N) is 4. The predicted molar refractivity (Wildman–Crippen MR) is 172 cm³/mol. The molecule has 3 unspecified atom stereocenters. The van der Waals surface area contributed by atoms with E-state index in [1.807, 2.05) is 24.3 Å². The van der Waals surface area contributed by atoms with Gasteiger partial charge in [0.05, 0.1) is 94.1 Å². The number of methoxy groups -OCH3 is 2. The zero-order chi connectivity index (χ0) is 39.0. The van der Waals surface area contributed by atoms with Gasteiger partial charge < -0.3 is 70.3 Å². The van der Waals surface area contributed by atoms with Crippen LogP contribution in [0.2, 0.25) is 0 Å². The Hall–Kier alpha value is -4.77. The molecule has 4 atom stereocenters. The average Bonchev–Trinajstić information content (AvgIpc) is 3.94. The first-order valence-corrected chi connectivity index (χ1v) is 15.6. The standard InChI is InChI=1S/C12H13NO3.4C5H7NO3.Sn/c1-15-10-5-6-11-9(8-10)4-3-7-13(11)12(14)16-2;4*7-3-1-4(5(8)9)6-2-3;/h3,5-8H,4H2,1-2H3;4*4,6H,1-2H2,(H,8,9);/q;;;;;+4/p-4/t;4-;;;;/m.0..../s1. The third kappa shape index (κ3) is 15.8. The van der Waals surface area contributed by atoms with Gasteiger partial charge in [0.1, 0.15) is 28.9 Å². The number of nitrogens with zero attached hydrogens (tertiary/aromatic N) is 1. The fourth-order valence-corrected chi connectivity index (χ4v) is 4.81. The van der Waals surface area contributed by atoms with Crippen LogP contribution in [0.15, 0.2) is 30.5 Å². The number of rotatable bonds is 5. The normalized spacial score (nSPS) is 22.1. The molecule has 0 aromatic heterocycles. The summed E-state index contributed by atoms with van der Waals surface area (Å²) in [5.74, 6) is -4.25. The van der Waals surface area contributed by atoms with Gasteiger partial charge in [-0.05, 0) is 30.2 Å². The first-order chi connectivity index (χ1) is 24.6. The number of aliphatic carboxylic acids is 4. The fourth-order valence-electron chi connectivity index (χ4n) is 4.81. The maximum Gasteiger partial charge on any atom is 4.00 e. The van der Waals surface area contributed by atoms with E-state index in [0.29, 0.717) is 0 Å². The monoisotopic (exact) mass is 851 g/mol. The van der Waals surface area contributed by atoms with Gasteiger partial charge in [-0.1, -0.05) is 6.08 Å². The van der Waals surface area contributed by atoms with Crippen molar-refractivity contribution in [3.05, 3.63) is 36.0 Å². The van der Waals surface area contributed by atoms with Crippen LogP contribution in [0.1, 0.15) is 31.2 Å². The molecule has 0 aliphatic carbocycles. The second-order valence-electron chi connectivity index (χ2n) is 11.4. The number of carboxylic acid groups (broad SMARTS) is 4. The Morgan fingerprint density at radius 2 is 1.00 bits per heavy atom. The Morgan fingerprint density at radius 1 is 0.642 bits per heavy atom. The molecule has 6 rings (SSSR count). The summed E-state index contributed by atoms with van der Waals surface area (Å²) in [6.07, 6.45) is 4.33. The van der Waals surface area contributed by atoms with E-state index >= 15 is 0 Å². The number of benzene rings is 1. The molecule has 1 aromatic rings. The zero-order valence-electron chi connectivity index (χ0n) is 28.6. The number of Topliss-reactive ketones (excluding diaryl/α,β-unsaturated/α-hetero) is 4. The number of carbonyl (C=O) groups excluding carboxylic acids is 9. The van der Waals surface area contributed by atoms with Gasteiger partial charge in [-0.3, -0.25) is 24.1 Å². The van der Waals surface area contributed by atoms with Crippen molar-refractivity contribution in [3.63, 3.8) is 0 Å². The van der Waals surface area contributed by atoms with E-state index in [1.54, 1.807) is 13.3 Å². The first kappa shape index (κ1) is 46.2. The van der Waals surface area contributed by atoms with E-state index in [2.05, 4.69) is 21.3 Å². The number of anilines is 1. The van der Waals surface area contributed by atoms with Gasteiger partial charge in [-0.15, -0.1) is 0 Å². The number of fused-ring (bicyclic) bond motifs is 1. The SMILES string of the molecule is COC(=O)N1C=CCc2cc(OC)ccc21.O=C1CNC(C(=O)[O-])C1.O=C1CNC(C(=O)[O-])C1.O=C1CNC(C(=O)[O-])C1.O=C1CN[C@H](C(=O)[O-])C1.[Sn+4]. The van der Waals surface area contributed by atoms with Crippen molar-refractivity contribution in [3.8, 4) is 5.75 Å². The quantitative estimate of drug-likeness (QED) is 0.200. The molecule has 4 saturated heterocycles. The van der Waals surface area contributed by atoms with Crippen LogP contribution < -0.4 is 51.3 Å². The maximum atomic E-state index is 11.5. The molecule has 4 fully saturated rings. The van der Waals surface area contributed by atoms with Gasteiger partial charge in [0.2, 0.25) is 0 Å². The number of carbonyl (C=O) groups is 9. The van der Waals surface area contributed by atoms with Crippen LogP contribution in [0.4, 0.5) is 10.5 Å². The van der Waals surface area contributed by atoms with Crippen molar-refractivity contribution < 1.29 is 73.1 Å². The summed E-state index contributed by atoms with van der Waals surface area (Å²) < 4.78 is 9.85. The second-order valence-corrected chi connectivity index (χ2v) is 11.4. The van der Waals surface area contributed by atoms with Crippen molar-refractivity contribution in [1.82, 2.24) is 21.3 Å². The van der Waals surface area contributed by atoms with Gasteiger partial charge in [-0.25, -0.2) is 4.79 Å². The van der Waals surface area contributed by atoms with Gasteiger partial charge in [0.15, 0.2) is 0 Å². The molecule has 0 spiro atoms. The van der Waals surface area contributed by atoms with E-state index in [0.717, 1.165) is 23.4 Å². The Morgan fingerprint density at radius 3 is 1.25 bits per heavy atom. The number of hydrogen-bond donors (Lipinski definition) is 4. The van der Waals surface area contributed by atoms with Gasteiger partial charge >= 0.3 is 30.0 Å². The summed E-state index contributed by atoms with van der Waals surface area (Å²) in [6, 6.07) is 2.60. The zero-order valence-corrected chi connectivity index (χ0v) is 31.5. The molecular formula is C32H37N5O15Sn. The molecule has 0 bridgehead atoms. The van der Waals surface area contributed by atoms with E-state index < -0.39 is 48.0 Å². The first-order valence-electron chi connectivity index (χ1n) is 15.6. The Bertz CT molecular complexity index is 1430. The number of carboxylic acids is 4. The number of amides is 1. The summed E-state index contributed by atoms with van der Waals surface area (Å²) in [6.45, 7) is 0.661. The Balaban J connectivity index is 0.000000339. The Kier molecular flexibility index (Phi) is 20.1. The Labute approximate surface area is 319 Å².